The van der Waals surface area contributed by atoms with E-state index in [1.54, 1.807) is 19.2 Å². The Morgan fingerprint density at radius 1 is 1.40 bits per heavy atom. The van der Waals surface area contributed by atoms with Crippen LogP contribution in [0.25, 0.3) is 0 Å². The first-order valence-corrected chi connectivity index (χ1v) is 7.01. The van der Waals surface area contributed by atoms with Crippen LogP contribution in [-0.2, 0) is 4.79 Å². The van der Waals surface area contributed by atoms with Gasteiger partial charge in [0.25, 0.3) is 0 Å². The zero-order valence-corrected chi connectivity index (χ0v) is 12.0. The molecule has 5 nitrogen and oxygen atoms in total. The van der Waals surface area contributed by atoms with Crippen LogP contribution in [0.4, 0.5) is 5.69 Å². The molecule has 20 heavy (non-hydrogen) atoms. The van der Waals surface area contributed by atoms with Crippen LogP contribution in [0.15, 0.2) is 18.2 Å². The molecule has 1 fully saturated rings. The summed E-state index contributed by atoms with van der Waals surface area (Å²) in [6.45, 7) is 2.45. The molecule has 3 N–H and O–H groups in total. The molecule has 0 radical (unpaired) electrons. The van der Waals surface area contributed by atoms with Crippen molar-refractivity contribution < 1.29 is 14.3 Å². The van der Waals surface area contributed by atoms with Crippen LogP contribution in [0.5, 0.6) is 11.5 Å². The maximum atomic E-state index is 12.1. The fourth-order valence-electron chi connectivity index (χ4n) is 2.52. The number of rotatable bonds is 5. The summed E-state index contributed by atoms with van der Waals surface area (Å²) in [5.74, 6) is 1.34. The fraction of sp³-hybridized carbons (Fsp3) is 0.533. The molecule has 110 valence electrons. The lowest BCUT2D eigenvalue weighted by atomic mass is 10.1. The monoisotopic (exact) mass is 278 g/mol. The van der Waals surface area contributed by atoms with Crippen molar-refractivity contribution in [3.8, 4) is 11.5 Å². The van der Waals surface area contributed by atoms with Crippen molar-refractivity contribution in [2.75, 3.05) is 19.0 Å². The van der Waals surface area contributed by atoms with Crippen LogP contribution in [0.3, 0.4) is 0 Å². The Labute approximate surface area is 119 Å². The first kappa shape index (κ1) is 14.7. The Morgan fingerprint density at radius 2 is 2.20 bits per heavy atom. The number of benzene rings is 1. The van der Waals surface area contributed by atoms with Crippen LogP contribution in [-0.4, -0.2) is 25.7 Å². The van der Waals surface area contributed by atoms with Gasteiger partial charge in [0, 0.05) is 23.7 Å². The van der Waals surface area contributed by atoms with Crippen molar-refractivity contribution in [2.24, 2.45) is 11.7 Å². The number of amides is 1. The molecule has 1 aliphatic carbocycles. The third-order valence-electron chi connectivity index (χ3n) is 3.57. The van der Waals surface area contributed by atoms with E-state index >= 15 is 0 Å². The molecule has 0 saturated heterocycles. The second kappa shape index (κ2) is 6.61. The Kier molecular flexibility index (Phi) is 4.84. The number of carbonyl (C=O) groups is 1. The van der Waals surface area contributed by atoms with E-state index in [2.05, 4.69) is 5.32 Å². The second-order valence-corrected chi connectivity index (χ2v) is 5.06. The lowest BCUT2D eigenvalue weighted by Gasteiger charge is -2.14. The number of methoxy groups -OCH3 is 1. The standard InChI is InChI=1S/C15H22N2O3/c1-3-20-14-9-12(6-7-13(14)19-2)17-15(18)10-4-5-11(16)8-10/h6-7,9-11H,3-5,8,16H2,1-2H3,(H,17,18). The van der Waals surface area contributed by atoms with Gasteiger partial charge in [-0.2, -0.15) is 0 Å². The molecule has 2 atom stereocenters. The average molecular weight is 278 g/mol. The third kappa shape index (κ3) is 3.42. The maximum absolute atomic E-state index is 12.1. The van der Waals surface area contributed by atoms with Crippen LogP contribution < -0.4 is 20.5 Å². The molecule has 0 aromatic heterocycles. The van der Waals surface area contributed by atoms with E-state index in [0.717, 1.165) is 24.9 Å². The molecule has 2 unspecified atom stereocenters. The predicted molar refractivity (Wildman–Crippen MR) is 78.1 cm³/mol. The quantitative estimate of drug-likeness (QED) is 0.865. The first-order chi connectivity index (χ1) is 9.63. The van der Waals surface area contributed by atoms with Gasteiger partial charge in [-0.05, 0) is 38.3 Å². The number of anilines is 1. The van der Waals surface area contributed by atoms with Crippen LogP contribution in [0.2, 0.25) is 0 Å². The van der Waals surface area contributed by atoms with Gasteiger partial charge in [0.2, 0.25) is 5.91 Å². The third-order valence-corrected chi connectivity index (χ3v) is 3.57. The summed E-state index contributed by atoms with van der Waals surface area (Å²) >= 11 is 0. The van der Waals surface area contributed by atoms with Crippen molar-refractivity contribution in [2.45, 2.75) is 32.2 Å². The van der Waals surface area contributed by atoms with Gasteiger partial charge in [-0.1, -0.05) is 0 Å². The highest BCUT2D eigenvalue weighted by Crippen LogP contribution is 2.31. The van der Waals surface area contributed by atoms with Crippen molar-refractivity contribution in [1.29, 1.82) is 0 Å². The number of nitrogens with two attached hydrogens (primary N) is 1. The van der Waals surface area contributed by atoms with Crippen LogP contribution in [0.1, 0.15) is 26.2 Å². The minimum absolute atomic E-state index is 0.0163. The number of carbonyl (C=O) groups excluding carboxylic acids is 1. The molecule has 1 amide bonds. The van der Waals surface area contributed by atoms with Gasteiger partial charge in [-0.3, -0.25) is 4.79 Å². The van der Waals surface area contributed by atoms with Crippen LogP contribution in [0, 0.1) is 5.92 Å². The molecule has 1 aliphatic rings. The minimum atomic E-state index is 0.0163. The van der Waals surface area contributed by atoms with E-state index in [4.69, 9.17) is 15.2 Å². The molecule has 0 bridgehead atoms. The SMILES string of the molecule is CCOc1cc(NC(=O)C2CCC(N)C2)ccc1OC. The second-order valence-electron chi connectivity index (χ2n) is 5.06. The fourth-order valence-corrected chi connectivity index (χ4v) is 2.52. The van der Waals surface area contributed by atoms with Crippen LogP contribution >= 0.6 is 0 Å². The number of nitrogens with one attached hydrogen (secondary N) is 1. The molecule has 5 heteroatoms. The van der Waals surface area contributed by atoms with E-state index in [-0.39, 0.29) is 17.9 Å². The summed E-state index contributed by atoms with van der Waals surface area (Å²) in [5, 5.41) is 2.92. The van der Waals surface area contributed by atoms with Gasteiger partial charge in [0.15, 0.2) is 11.5 Å². The molecule has 1 aromatic carbocycles. The molecule has 0 heterocycles. The predicted octanol–water partition coefficient (Wildman–Crippen LogP) is 2.16. The Morgan fingerprint density at radius 3 is 2.80 bits per heavy atom. The summed E-state index contributed by atoms with van der Waals surface area (Å²) in [4.78, 5) is 12.1. The van der Waals surface area contributed by atoms with Crippen molar-refractivity contribution in [3.63, 3.8) is 0 Å². The molecule has 0 aliphatic heterocycles. The summed E-state index contributed by atoms with van der Waals surface area (Å²) in [6.07, 6.45) is 2.55. The number of hydrogen-bond acceptors (Lipinski definition) is 4. The molecule has 0 spiro atoms. The van der Waals surface area contributed by atoms with E-state index in [0.29, 0.717) is 18.1 Å². The summed E-state index contributed by atoms with van der Waals surface area (Å²) in [7, 11) is 1.59. The molecular formula is C15H22N2O3. The first-order valence-electron chi connectivity index (χ1n) is 7.01. The lowest BCUT2D eigenvalue weighted by molar-refractivity contribution is -0.119. The number of ether oxygens (including phenoxy) is 2. The zero-order chi connectivity index (χ0) is 14.5. The highest BCUT2D eigenvalue weighted by atomic mass is 16.5. The van der Waals surface area contributed by atoms with Gasteiger partial charge < -0.3 is 20.5 Å². The highest BCUT2D eigenvalue weighted by Gasteiger charge is 2.27. The molecular weight excluding hydrogens is 256 g/mol. The highest BCUT2D eigenvalue weighted by molar-refractivity contribution is 5.93. The van der Waals surface area contributed by atoms with Gasteiger partial charge in [-0.15, -0.1) is 0 Å². The Balaban J connectivity index is 2.05. The Hall–Kier alpha value is -1.75. The van der Waals surface area contributed by atoms with Gasteiger partial charge in [0.1, 0.15) is 0 Å². The van der Waals surface area contributed by atoms with E-state index < -0.39 is 0 Å². The molecule has 1 aromatic rings. The van der Waals surface area contributed by atoms with Crippen molar-refractivity contribution in [1.82, 2.24) is 0 Å². The number of hydrogen-bond donors (Lipinski definition) is 2. The smallest absolute Gasteiger partial charge is 0.227 e. The van der Waals surface area contributed by atoms with E-state index in [1.807, 2.05) is 13.0 Å². The summed E-state index contributed by atoms with van der Waals surface area (Å²) < 4.78 is 10.7. The van der Waals surface area contributed by atoms with Gasteiger partial charge >= 0.3 is 0 Å². The van der Waals surface area contributed by atoms with Crippen molar-refractivity contribution in [3.05, 3.63) is 18.2 Å². The van der Waals surface area contributed by atoms with E-state index in [9.17, 15) is 4.79 Å². The molecule has 2 rings (SSSR count). The van der Waals surface area contributed by atoms with E-state index in [1.165, 1.54) is 0 Å². The Bertz CT molecular complexity index is 476. The maximum Gasteiger partial charge on any atom is 0.227 e. The minimum Gasteiger partial charge on any atom is -0.493 e. The molecule has 1 saturated carbocycles. The normalized spacial score (nSPS) is 21.6. The zero-order valence-electron chi connectivity index (χ0n) is 12.0. The topological polar surface area (TPSA) is 73.6 Å². The van der Waals surface area contributed by atoms with Gasteiger partial charge in [-0.25, -0.2) is 0 Å². The summed E-state index contributed by atoms with van der Waals surface area (Å²) in [6, 6.07) is 5.55. The van der Waals surface area contributed by atoms with Crippen molar-refractivity contribution >= 4 is 11.6 Å². The average Bonchev–Trinajstić information content (AvgIpc) is 2.86. The largest absolute Gasteiger partial charge is 0.493 e. The lowest BCUT2D eigenvalue weighted by Crippen LogP contribution is -2.23. The summed E-state index contributed by atoms with van der Waals surface area (Å²) in [5.41, 5.74) is 6.56. The van der Waals surface area contributed by atoms with Gasteiger partial charge in [0.05, 0.1) is 13.7 Å².